The van der Waals surface area contributed by atoms with Crippen LogP contribution in [0.5, 0.6) is 0 Å². The molecule has 0 bridgehead atoms. The molecule has 0 N–H and O–H groups in total. The van der Waals surface area contributed by atoms with Crippen molar-refractivity contribution >= 4 is 29.4 Å². The van der Waals surface area contributed by atoms with Crippen LogP contribution >= 0.6 is 0 Å². The first kappa shape index (κ1) is 18.7. The van der Waals surface area contributed by atoms with E-state index in [0.29, 0.717) is 0 Å². The predicted molar refractivity (Wildman–Crippen MR) is 77.7 cm³/mol. The van der Waals surface area contributed by atoms with Gasteiger partial charge in [0.25, 0.3) is 0 Å². The molecule has 0 saturated heterocycles. The van der Waals surface area contributed by atoms with Crippen molar-refractivity contribution in [2.24, 2.45) is 4.78 Å². The van der Waals surface area contributed by atoms with E-state index < -0.39 is 8.24 Å². The third-order valence-corrected chi connectivity index (χ3v) is 6.48. The van der Waals surface area contributed by atoms with Crippen molar-refractivity contribution in [2.45, 2.75) is 68.0 Å². The summed E-state index contributed by atoms with van der Waals surface area (Å²) in [6.07, 6.45) is 5.84. The Hall–Kier alpha value is 0.326. The summed E-state index contributed by atoms with van der Waals surface area (Å²) in [4.78, 5) is 2.69. The molecule has 0 saturated carbocycles. The smallest absolute Gasteiger partial charge is 0.125 e. The van der Waals surface area contributed by atoms with Crippen LogP contribution in [0, 0.1) is 0 Å². The first-order valence-corrected chi connectivity index (χ1v) is 13.7. The van der Waals surface area contributed by atoms with E-state index in [4.69, 9.17) is 5.53 Å². The van der Waals surface area contributed by atoms with Gasteiger partial charge in [-0.1, -0.05) is 19.6 Å². The molecule has 0 aromatic rings. The van der Waals surface area contributed by atoms with Crippen molar-refractivity contribution < 1.29 is 0 Å². The number of unbranched alkanes of at least 4 members (excludes halogenated alkanes) is 2. The van der Waals surface area contributed by atoms with Crippen LogP contribution < -0.4 is 0 Å². The molecule has 0 spiro atoms. The van der Waals surface area contributed by atoms with Gasteiger partial charge < -0.3 is 0 Å². The Labute approximate surface area is 112 Å². The number of hydrogen-bond acceptors (Lipinski definition) is 1. The van der Waals surface area contributed by atoms with Gasteiger partial charge in [-0.3, -0.25) is 0 Å². The molecule has 0 atom stereocenters. The van der Waals surface area contributed by atoms with Crippen LogP contribution in [-0.2, 0) is 0 Å². The SMILES string of the molecule is CCC[CH2][Sn][CH2]CCC.C[Si](C)(C)N=[N+]=[N-]. The third-order valence-electron chi connectivity index (χ3n) is 1.76. The van der Waals surface area contributed by atoms with Gasteiger partial charge in [-0.2, -0.15) is 0 Å². The minimum atomic E-state index is -1.45. The summed E-state index contributed by atoms with van der Waals surface area (Å²) in [6, 6.07) is 0. The number of rotatable bonds is 7. The summed E-state index contributed by atoms with van der Waals surface area (Å²) >= 11 is 0.149. The maximum atomic E-state index is 7.89. The largest absolute Gasteiger partial charge is 0.146 e. The first-order chi connectivity index (χ1) is 7.47. The van der Waals surface area contributed by atoms with Crippen molar-refractivity contribution in [2.75, 3.05) is 0 Å². The fourth-order valence-corrected chi connectivity index (χ4v) is 5.29. The van der Waals surface area contributed by atoms with Gasteiger partial charge in [0.05, 0.1) is 0 Å². The van der Waals surface area contributed by atoms with Crippen LogP contribution in [0.25, 0.3) is 10.4 Å². The van der Waals surface area contributed by atoms with Crippen molar-refractivity contribution in [3.8, 4) is 0 Å². The van der Waals surface area contributed by atoms with Gasteiger partial charge >= 0.3 is 69.5 Å². The van der Waals surface area contributed by atoms with E-state index in [1.54, 1.807) is 8.87 Å². The molecule has 16 heavy (non-hydrogen) atoms. The van der Waals surface area contributed by atoms with Crippen molar-refractivity contribution in [1.82, 2.24) is 0 Å². The Morgan fingerprint density at radius 3 is 1.69 bits per heavy atom. The Balaban J connectivity index is 0. The summed E-state index contributed by atoms with van der Waals surface area (Å²) in [6.45, 7) is 10.6. The second-order valence-corrected chi connectivity index (χ2v) is 13.6. The zero-order chi connectivity index (χ0) is 12.9. The maximum Gasteiger partial charge on any atom is 0.146 e. The van der Waals surface area contributed by atoms with Gasteiger partial charge in [0, 0.05) is 0 Å². The van der Waals surface area contributed by atoms with Crippen LogP contribution in [0.4, 0.5) is 0 Å². The monoisotopic (exact) mass is 349 g/mol. The molecule has 0 aromatic carbocycles. The Morgan fingerprint density at radius 1 is 1.06 bits per heavy atom. The van der Waals surface area contributed by atoms with Crippen LogP contribution in [0.3, 0.4) is 0 Å². The molecule has 0 aromatic heterocycles. The molecule has 0 unspecified atom stereocenters. The zero-order valence-corrected chi connectivity index (χ0v) is 15.4. The van der Waals surface area contributed by atoms with Gasteiger partial charge in [0.15, 0.2) is 0 Å². The quantitative estimate of drug-likeness (QED) is 0.198. The molecule has 0 amide bonds. The van der Waals surface area contributed by atoms with E-state index in [1.165, 1.54) is 25.7 Å². The average molecular weight is 348 g/mol. The number of azide groups is 1. The molecule has 0 aliphatic heterocycles. The van der Waals surface area contributed by atoms with Crippen molar-refractivity contribution in [3.05, 3.63) is 10.4 Å². The van der Waals surface area contributed by atoms with Gasteiger partial charge in [-0.05, 0) is 10.4 Å². The number of hydrogen-bond donors (Lipinski definition) is 0. The van der Waals surface area contributed by atoms with Crippen LogP contribution in [-0.4, -0.2) is 29.4 Å². The topological polar surface area (TPSA) is 48.8 Å². The van der Waals surface area contributed by atoms with Crippen LogP contribution in [0.2, 0.25) is 28.5 Å². The summed E-state index contributed by atoms with van der Waals surface area (Å²) < 4.78 is 6.83. The van der Waals surface area contributed by atoms with E-state index in [0.717, 1.165) is 0 Å². The zero-order valence-electron chi connectivity index (χ0n) is 11.6. The summed E-state index contributed by atoms with van der Waals surface area (Å²) in [5, 5.41) is 0. The summed E-state index contributed by atoms with van der Waals surface area (Å²) in [5.41, 5.74) is 7.89. The Kier molecular flexibility index (Phi) is 15.6. The van der Waals surface area contributed by atoms with Crippen molar-refractivity contribution in [1.29, 1.82) is 0 Å². The predicted octanol–water partition coefficient (Wildman–Crippen LogP) is 5.26. The standard InChI is InChI=1S/2C4H9.C3H9N3Si.Sn/c2*1-3-4-2;1-7(2,3)6-5-4;/h2*1,3-4H2,2H3;1-3H3;. The van der Waals surface area contributed by atoms with E-state index >= 15 is 0 Å². The Morgan fingerprint density at radius 2 is 1.50 bits per heavy atom. The first-order valence-electron chi connectivity index (χ1n) is 6.24. The normalized spacial score (nSPS) is 10.1. The summed E-state index contributed by atoms with van der Waals surface area (Å²) in [5.74, 6) is 0. The minimum Gasteiger partial charge on any atom is -0.125 e. The van der Waals surface area contributed by atoms with Gasteiger partial charge in [-0.15, -0.1) is 4.78 Å². The molecular formula is C11H27N3SiSn. The molecule has 0 aliphatic rings. The van der Waals surface area contributed by atoms with E-state index in [-0.39, 0.29) is 21.1 Å². The van der Waals surface area contributed by atoms with Gasteiger partial charge in [0.1, 0.15) is 8.24 Å². The fourth-order valence-electron chi connectivity index (χ4n) is 0.863. The summed E-state index contributed by atoms with van der Waals surface area (Å²) in [7, 11) is -1.45. The van der Waals surface area contributed by atoms with E-state index in [2.05, 4.69) is 23.5 Å². The minimum absolute atomic E-state index is 0.149. The average Bonchev–Trinajstić information content (AvgIpc) is 2.17. The van der Waals surface area contributed by atoms with Crippen molar-refractivity contribution in [3.63, 3.8) is 0 Å². The molecule has 3 nitrogen and oxygen atoms in total. The molecular weight excluding hydrogens is 321 g/mol. The van der Waals surface area contributed by atoms with Gasteiger partial charge in [0.2, 0.25) is 0 Å². The number of nitrogens with zero attached hydrogens (tertiary/aromatic N) is 3. The van der Waals surface area contributed by atoms with Gasteiger partial charge in [-0.25, -0.2) is 0 Å². The second kappa shape index (κ2) is 13.4. The molecule has 0 aliphatic carbocycles. The molecule has 94 valence electrons. The molecule has 0 rings (SSSR count). The van der Waals surface area contributed by atoms with E-state index in [1.807, 2.05) is 19.6 Å². The second-order valence-electron chi connectivity index (χ2n) is 4.82. The fraction of sp³-hybridized carbons (Fsp3) is 1.00. The molecule has 2 radical (unpaired) electrons. The van der Waals surface area contributed by atoms with E-state index in [9.17, 15) is 0 Å². The van der Waals surface area contributed by atoms with Crippen LogP contribution in [0.15, 0.2) is 4.78 Å². The molecule has 0 heterocycles. The third kappa shape index (κ3) is 23.9. The molecule has 5 heteroatoms. The Bertz CT molecular complexity index is 180. The molecule has 0 fully saturated rings. The van der Waals surface area contributed by atoms with Crippen LogP contribution in [0.1, 0.15) is 39.5 Å². The maximum absolute atomic E-state index is 7.89.